The maximum absolute atomic E-state index is 11.8. The van der Waals surface area contributed by atoms with Crippen LogP contribution in [0.15, 0.2) is 37.2 Å². The van der Waals surface area contributed by atoms with Crippen LogP contribution in [-0.4, -0.2) is 22.8 Å². The molecule has 0 aliphatic rings. The van der Waals surface area contributed by atoms with E-state index in [1.54, 1.807) is 18.2 Å². The van der Waals surface area contributed by atoms with Gasteiger partial charge in [-0.2, -0.15) is 0 Å². The number of hydrogen-bond donors (Lipinski definition) is 2. The third-order valence-electron chi connectivity index (χ3n) is 2.49. The SMILES string of the molecule is C=CCCC[C@H](NC(=O)c1ccncc1)C(N)=O. The lowest BCUT2D eigenvalue weighted by Crippen LogP contribution is -2.44. The summed E-state index contributed by atoms with van der Waals surface area (Å²) in [4.78, 5) is 26.9. The van der Waals surface area contributed by atoms with Gasteiger partial charge in [-0.3, -0.25) is 14.6 Å². The van der Waals surface area contributed by atoms with Gasteiger partial charge < -0.3 is 11.1 Å². The summed E-state index contributed by atoms with van der Waals surface area (Å²) in [7, 11) is 0. The number of rotatable bonds is 7. The van der Waals surface area contributed by atoms with E-state index < -0.39 is 11.9 Å². The molecular formula is C13H17N3O2. The summed E-state index contributed by atoms with van der Waals surface area (Å²) >= 11 is 0. The monoisotopic (exact) mass is 247 g/mol. The maximum Gasteiger partial charge on any atom is 0.252 e. The Labute approximate surface area is 106 Å². The zero-order valence-corrected chi connectivity index (χ0v) is 10.1. The number of primary amides is 1. The van der Waals surface area contributed by atoms with Gasteiger partial charge in [0.1, 0.15) is 6.04 Å². The van der Waals surface area contributed by atoms with Crippen LogP contribution in [0.25, 0.3) is 0 Å². The molecule has 1 atom stereocenters. The first-order valence-electron chi connectivity index (χ1n) is 5.76. The number of allylic oxidation sites excluding steroid dienone is 1. The third-order valence-corrected chi connectivity index (χ3v) is 2.49. The van der Waals surface area contributed by atoms with Crippen molar-refractivity contribution in [3.8, 4) is 0 Å². The van der Waals surface area contributed by atoms with Crippen molar-refractivity contribution in [3.63, 3.8) is 0 Å². The first kappa shape index (κ1) is 13.9. The minimum Gasteiger partial charge on any atom is -0.368 e. The van der Waals surface area contributed by atoms with Gasteiger partial charge in [0.2, 0.25) is 5.91 Å². The first-order chi connectivity index (χ1) is 8.65. The quantitative estimate of drug-likeness (QED) is 0.557. The van der Waals surface area contributed by atoms with Gasteiger partial charge in [-0.05, 0) is 31.4 Å². The summed E-state index contributed by atoms with van der Waals surface area (Å²) < 4.78 is 0. The highest BCUT2D eigenvalue weighted by atomic mass is 16.2. The topological polar surface area (TPSA) is 85.1 Å². The van der Waals surface area contributed by atoms with Gasteiger partial charge in [-0.25, -0.2) is 0 Å². The largest absolute Gasteiger partial charge is 0.368 e. The van der Waals surface area contributed by atoms with E-state index in [1.807, 2.05) is 0 Å². The van der Waals surface area contributed by atoms with E-state index in [0.717, 1.165) is 12.8 Å². The van der Waals surface area contributed by atoms with E-state index in [0.29, 0.717) is 12.0 Å². The Morgan fingerprint density at radius 2 is 2.11 bits per heavy atom. The van der Waals surface area contributed by atoms with Crippen LogP contribution >= 0.6 is 0 Å². The van der Waals surface area contributed by atoms with E-state index in [1.165, 1.54) is 12.4 Å². The summed E-state index contributed by atoms with van der Waals surface area (Å²) in [6.07, 6.45) is 6.86. The second-order valence-electron chi connectivity index (χ2n) is 3.88. The van der Waals surface area contributed by atoms with Crippen molar-refractivity contribution in [2.75, 3.05) is 0 Å². The molecule has 0 unspecified atom stereocenters. The zero-order chi connectivity index (χ0) is 13.4. The number of nitrogens with one attached hydrogen (secondary N) is 1. The molecule has 1 heterocycles. The van der Waals surface area contributed by atoms with E-state index >= 15 is 0 Å². The fourth-order valence-corrected chi connectivity index (χ4v) is 1.50. The molecule has 0 bridgehead atoms. The number of nitrogens with zero attached hydrogens (tertiary/aromatic N) is 1. The average Bonchev–Trinajstić information content (AvgIpc) is 2.38. The number of amides is 2. The maximum atomic E-state index is 11.8. The van der Waals surface area contributed by atoms with Crippen molar-refractivity contribution in [3.05, 3.63) is 42.7 Å². The second kappa shape index (κ2) is 7.21. The lowest BCUT2D eigenvalue weighted by atomic mass is 10.1. The first-order valence-corrected chi connectivity index (χ1v) is 5.76. The average molecular weight is 247 g/mol. The number of unbranched alkanes of at least 4 members (excludes halogenated alkanes) is 1. The van der Waals surface area contributed by atoms with Gasteiger partial charge in [0.25, 0.3) is 5.91 Å². The van der Waals surface area contributed by atoms with Crippen molar-refractivity contribution in [2.45, 2.75) is 25.3 Å². The summed E-state index contributed by atoms with van der Waals surface area (Å²) in [6, 6.07) is 2.51. The number of hydrogen-bond acceptors (Lipinski definition) is 3. The van der Waals surface area contributed by atoms with Crippen molar-refractivity contribution >= 4 is 11.8 Å². The van der Waals surface area contributed by atoms with Crippen LogP contribution in [0.4, 0.5) is 0 Å². The molecular weight excluding hydrogens is 230 g/mol. The van der Waals surface area contributed by atoms with Crippen molar-refractivity contribution < 1.29 is 9.59 Å². The molecule has 0 spiro atoms. The molecule has 0 fully saturated rings. The molecule has 0 aromatic carbocycles. The highest BCUT2D eigenvalue weighted by molar-refractivity contribution is 5.97. The van der Waals surface area contributed by atoms with E-state index in [-0.39, 0.29) is 5.91 Å². The molecule has 0 saturated carbocycles. The van der Waals surface area contributed by atoms with E-state index in [9.17, 15) is 9.59 Å². The molecule has 5 nitrogen and oxygen atoms in total. The molecule has 5 heteroatoms. The number of carbonyl (C=O) groups excluding carboxylic acids is 2. The van der Waals surface area contributed by atoms with Gasteiger partial charge in [0.15, 0.2) is 0 Å². The minimum atomic E-state index is -0.648. The van der Waals surface area contributed by atoms with Crippen molar-refractivity contribution in [2.24, 2.45) is 5.73 Å². The lowest BCUT2D eigenvalue weighted by molar-refractivity contribution is -0.120. The van der Waals surface area contributed by atoms with E-state index in [2.05, 4.69) is 16.9 Å². The zero-order valence-electron chi connectivity index (χ0n) is 10.1. The standard InChI is InChI=1S/C13H17N3O2/c1-2-3-4-5-11(12(14)17)16-13(18)10-6-8-15-9-7-10/h2,6-9,11H,1,3-5H2,(H2,14,17)(H,16,18)/t11-/m0/s1. The van der Waals surface area contributed by atoms with E-state index in [4.69, 9.17) is 5.73 Å². The Kier molecular flexibility index (Phi) is 5.57. The summed E-state index contributed by atoms with van der Waals surface area (Å²) in [5.74, 6) is -0.846. The fraction of sp³-hybridized carbons (Fsp3) is 0.308. The third kappa shape index (κ3) is 4.37. The van der Waals surface area contributed by atoms with Crippen LogP contribution < -0.4 is 11.1 Å². The van der Waals surface area contributed by atoms with Gasteiger partial charge in [0, 0.05) is 18.0 Å². The smallest absolute Gasteiger partial charge is 0.252 e. The fourth-order valence-electron chi connectivity index (χ4n) is 1.50. The normalized spacial score (nSPS) is 11.6. The number of aromatic nitrogens is 1. The van der Waals surface area contributed by atoms with Crippen LogP contribution in [-0.2, 0) is 4.79 Å². The van der Waals surface area contributed by atoms with Crippen LogP contribution in [0.1, 0.15) is 29.6 Å². The highest BCUT2D eigenvalue weighted by Crippen LogP contribution is 2.03. The highest BCUT2D eigenvalue weighted by Gasteiger charge is 2.18. The Morgan fingerprint density at radius 3 is 2.67 bits per heavy atom. The molecule has 2 amide bonds. The Bertz CT molecular complexity index is 418. The number of nitrogens with two attached hydrogens (primary N) is 1. The summed E-state index contributed by atoms with van der Waals surface area (Å²) in [5, 5.41) is 2.62. The Hall–Kier alpha value is -2.17. The predicted octanol–water partition coefficient (Wildman–Crippen LogP) is 1.02. The van der Waals surface area contributed by atoms with Gasteiger partial charge in [-0.15, -0.1) is 6.58 Å². The van der Waals surface area contributed by atoms with Gasteiger partial charge >= 0.3 is 0 Å². The van der Waals surface area contributed by atoms with Gasteiger partial charge in [-0.1, -0.05) is 6.08 Å². The number of carbonyl (C=O) groups is 2. The molecule has 3 N–H and O–H groups in total. The minimum absolute atomic E-state index is 0.320. The molecule has 1 aromatic heterocycles. The van der Waals surface area contributed by atoms with Crippen LogP contribution in [0.3, 0.4) is 0 Å². The summed E-state index contributed by atoms with van der Waals surface area (Å²) in [5.41, 5.74) is 5.71. The molecule has 1 rings (SSSR count). The molecule has 96 valence electrons. The molecule has 0 aliphatic carbocycles. The number of pyridine rings is 1. The molecule has 0 aliphatic heterocycles. The molecule has 0 saturated heterocycles. The molecule has 1 aromatic rings. The Balaban J connectivity index is 2.58. The molecule has 0 radical (unpaired) electrons. The second-order valence-corrected chi connectivity index (χ2v) is 3.88. The molecule has 18 heavy (non-hydrogen) atoms. The Morgan fingerprint density at radius 1 is 1.44 bits per heavy atom. The van der Waals surface area contributed by atoms with Crippen molar-refractivity contribution in [1.82, 2.24) is 10.3 Å². The van der Waals surface area contributed by atoms with Crippen LogP contribution in [0, 0.1) is 0 Å². The summed E-state index contributed by atoms with van der Waals surface area (Å²) in [6.45, 7) is 3.60. The lowest BCUT2D eigenvalue weighted by Gasteiger charge is -2.14. The predicted molar refractivity (Wildman–Crippen MR) is 68.7 cm³/mol. The van der Waals surface area contributed by atoms with Crippen LogP contribution in [0.2, 0.25) is 0 Å². The van der Waals surface area contributed by atoms with Crippen LogP contribution in [0.5, 0.6) is 0 Å². The van der Waals surface area contributed by atoms with Gasteiger partial charge in [0.05, 0.1) is 0 Å². The van der Waals surface area contributed by atoms with Crippen molar-refractivity contribution in [1.29, 1.82) is 0 Å².